The average molecular weight is 490 g/mol. The zero-order valence-corrected chi connectivity index (χ0v) is 17.1. The van der Waals surface area contributed by atoms with Gasteiger partial charge < -0.3 is 25.3 Å². The molecule has 3 N–H and O–H groups in total. The van der Waals surface area contributed by atoms with Crippen molar-refractivity contribution in [2.24, 2.45) is 10.7 Å². The molecule has 182 valence electrons. The molecule has 0 aliphatic carbocycles. The van der Waals surface area contributed by atoms with E-state index in [4.69, 9.17) is 15.2 Å². The van der Waals surface area contributed by atoms with Crippen LogP contribution in [-0.2, 0) is 15.0 Å². The SMILES string of the molecule is NC1=N[C@@]2(c3cc(NC(=O)c4ncc(OCC(F)(F)F)cc4F)ccc3F)COC[C@@]2(F)CO1. The van der Waals surface area contributed by atoms with Crippen LogP contribution in [0.2, 0.25) is 0 Å². The maximum Gasteiger partial charge on any atom is 0.422 e. The number of nitrogens with zero attached hydrogens (tertiary/aromatic N) is 2. The zero-order chi connectivity index (χ0) is 24.7. The number of alkyl halides is 4. The molecule has 2 atom stereocenters. The topological polar surface area (TPSA) is 108 Å². The van der Waals surface area contributed by atoms with Crippen molar-refractivity contribution in [3.8, 4) is 5.75 Å². The number of carbonyl (C=O) groups excluding carboxylic acids is 1. The second kappa shape index (κ2) is 8.34. The molecule has 2 aliphatic heterocycles. The molecule has 2 aromatic rings. The number of hydrogen-bond donors (Lipinski definition) is 2. The largest absolute Gasteiger partial charge is 0.482 e. The van der Waals surface area contributed by atoms with Crippen molar-refractivity contribution in [3.05, 3.63) is 53.4 Å². The predicted molar refractivity (Wildman–Crippen MR) is 104 cm³/mol. The third kappa shape index (κ3) is 4.32. The van der Waals surface area contributed by atoms with Crippen LogP contribution in [0.3, 0.4) is 0 Å². The molecule has 1 amide bonds. The average Bonchev–Trinajstić information content (AvgIpc) is 3.10. The van der Waals surface area contributed by atoms with E-state index in [0.717, 1.165) is 24.4 Å². The zero-order valence-electron chi connectivity index (χ0n) is 17.1. The van der Waals surface area contributed by atoms with Crippen LogP contribution in [-0.4, -0.2) is 55.2 Å². The molecule has 1 fully saturated rings. The monoisotopic (exact) mass is 490 g/mol. The number of amides is 1. The Labute approximate surface area is 187 Å². The van der Waals surface area contributed by atoms with Crippen molar-refractivity contribution in [2.75, 3.05) is 31.7 Å². The lowest BCUT2D eigenvalue weighted by Crippen LogP contribution is -2.55. The highest BCUT2D eigenvalue weighted by Gasteiger charge is 2.62. The summed E-state index contributed by atoms with van der Waals surface area (Å²) < 4.78 is 95.8. The molecule has 0 radical (unpaired) electrons. The minimum absolute atomic E-state index is 0.0658. The number of rotatable bonds is 5. The van der Waals surface area contributed by atoms with Gasteiger partial charge in [0, 0.05) is 17.3 Å². The van der Waals surface area contributed by atoms with Crippen LogP contribution in [0.15, 0.2) is 35.5 Å². The Morgan fingerprint density at radius 1 is 1.18 bits per heavy atom. The number of ether oxygens (including phenoxy) is 3. The van der Waals surface area contributed by atoms with E-state index in [1.54, 1.807) is 0 Å². The quantitative estimate of drug-likeness (QED) is 0.625. The van der Waals surface area contributed by atoms with Gasteiger partial charge in [-0.3, -0.25) is 4.79 Å². The summed E-state index contributed by atoms with van der Waals surface area (Å²) in [5, 5.41) is 2.28. The van der Waals surface area contributed by atoms with Crippen LogP contribution in [0.4, 0.5) is 32.0 Å². The number of nitrogens with one attached hydrogen (secondary N) is 1. The van der Waals surface area contributed by atoms with E-state index in [-0.39, 0.29) is 23.9 Å². The smallest absolute Gasteiger partial charge is 0.422 e. The number of carbonyl (C=O) groups is 1. The fraction of sp³-hybridized carbons (Fsp3) is 0.350. The number of amidine groups is 1. The Morgan fingerprint density at radius 3 is 2.65 bits per heavy atom. The Balaban J connectivity index is 1.59. The molecule has 0 unspecified atom stereocenters. The van der Waals surface area contributed by atoms with E-state index < -0.39 is 66.2 Å². The van der Waals surface area contributed by atoms with Crippen LogP contribution < -0.4 is 15.8 Å². The normalized spacial score (nSPS) is 24.1. The molecular weight excluding hydrogens is 474 g/mol. The lowest BCUT2D eigenvalue weighted by molar-refractivity contribution is -0.153. The predicted octanol–water partition coefficient (Wildman–Crippen LogP) is 2.83. The third-order valence-corrected chi connectivity index (χ3v) is 5.24. The third-order valence-electron chi connectivity index (χ3n) is 5.24. The van der Waals surface area contributed by atoms with Gasteiger partial charge in [-0.25, -0.2) is 23.1 Å². The molecule has 14 heteroatoms. The number of halogens is 6. The highest BCUT2D eigenvalue weighted by atomic mass is 19.4. The molecule has 4 rings (SSSR count). The second-order valence-corrected chi connectivity index (χ2v) is 7.61. The van der Waals surface area contributed by atoms with Gasteiger partial charge in [-0.15, -0.1) is 0 Å². The fourth-order valence-electron chi connectivity index (χ4n) is 3.63. The Kier molecular flexibility index (Phi) is 5.79. The number of fused-ring (bicyclic) bond motifs is 1. The van der Waals surface area contributed by atoms with Crippen molar-refractivity contribution >= 4 is 17.6 Å². The van der Waals surface area contributed by atoms with E-state index in [2.05, 4.69) is 20.0 Å². The summed E-state index contributed by atoms with van der Waals surface area (Å²) in [5.74, 6) is -3.75. The van der Waals surface area contributed by atoms with E-state index in [1.807, 2.05) is 0 Å². The summed E-state index contributed by atoms with van der Waals surface area (Å²) in [4.78, 5) is 19.9. The van der Waals surface area contributed by atoms with Gasteiger partial charge in [-0.05, 0) is 18.2 Å². The molecule has 1 aromatic carbocycles. The summed E-state index contributed by atoms with van der Waals surface area (Å²) in [6.07, 6.45) is -3.90. The van der Waals surface area contributed by atoms with E-state index in [9.17, 15) is 26.7 Å². The van der Waals surface area contributed by atoms with Gasteiger partial charge in [-0.1, -0.05) is 0 Å². The fourth-order valence-corrected chi connectivity index (χ4v) is 3.63. The lowest BCUT2D eigenvalue weighted by Gasteiger charge is -2.38. The van der Waals surface area contributed by atoms with Gasteiger partial charge in [0.15, 0.2) is 29.3 Å². The maximum absolute atomic E-state index is 15.5. The van der Waals surface area contributed by atoms with E-state index in [0.29, 0.717) is 6.07 Å². The van der Waals surface area contributed by atoms with Gasteiger partial charge in [-0.2, -0.15) is 13.2 Å². The summed E-state index contributed by atoms with van der Waals surface area (Å²) in [5.41, 5.74) is 0.365. The molecular formula is C20H16F6N4O4. The van der Waals surface area contributed by atoms with Crippen molar-refractivity contribution in [1.82, 2.24) is 4.98 Å². The van der Waals surface area contributed by atoms with Gasteiger partial charge in [0.1, 0.15) is 18.2 Å². The number of aliphatic imine (C=N–C) groups is 1. The highest BCUT2D eigenvalue weighted by molar-refractivity contribution is 6.03. The van der Waals surface area contributed by atoms with Crippen LogP contribution in [0.5, 0.6) is 5.75 Å². The van der Waals surface area contributed by atoms with Crippen LogP contribution in [0.1, 0.15) is 16.1 Å². The van der Waals surface area contributed by atoms with Crippen molar-refractivity contribution < 1.29 is 45.3 Å². The maximum atomic E-state index is 15.5. The van der Waals surface area contributed by atoms with Gasteiger partial charge in [0.2, 0.25) is 0 Å². The van der Waals surface area contributed by atoms with E-state index in [1.165, 1.54) is 0 Å². The number of pyridine rings is 1. The number of nitrogens with two attached hydrogens (primary N) is 1. The molecule has 1 aromatic heterocycles. The van der Waals surface area contributed by atoms with Crippen LogP contribution in [0.25, 0.3) is 0 Å². The summed E-state index contributed by atoms with van der Waals surface area (Å²) >= 11 is 0. The highest BCUT2D eigenvalue weighted by Crippen LogP contribution is 2.48. The summed E-state index contributed by atoms with van der Waals surface area (Å²) in [7, 11) is 0. The first-order chi connectivity index (χ1) is 15.9. The molecule has 2 aliphatic rings. The second-order valence-electron chi connectivity index (χ2n) is 7.61. The number of anilines is 1. The van der Waals surface area contributed by atoms with E-state index >= 15 is 4.39 Å². The van der Waals surface area contributed by atoms with Gasteiger partial charge in [0.05, 0.1) is 19.4 Å². The summed E-state index contributed by atoms with van der Waals surface area (Å²) in [6, 6.07) is 3.37. The molecule has 0 spiro atoms. The minimum atomic E-state index is -4.65. The minimum Gasteiger partial charge on any atom is -0.482 e. The molecule has 8 nitrogen and oxygen atoms in total. The lowest BCUT2D eigenvalue weighted by atomic mass is 9.78. The van der Waals surface area contributed by atoms with Gasteiger partial charge in [0.25, 0.3) is 11.9 Å². The molecule has 34 heavy (non-hydrogen) atoms. The first-order valence-electron chi connectivity index (χ1n) is 9.64. The van der Waals surface area contributed by atoms with Crippen molar-refractivity contribution in [3.63, 3.8) is 0 Å². The standard InChI is InChI=1S/C20H16F6N4O4/c21-13-2-1-10(3-12(13)19-8-32-6-18(19,23)7-34-17(27)30-19)29-16(31)15-14(22)4-11(5-28-15)33-9-20(24,25)26/h1-5H,6-9H2,(H2,27,30)(H,29,31)/t18-,19-/m1/s1. The molecule has 0 bridgehead atoms. The number of aromatic nitrogens is 1. The van der Waals surface area contributed by atoms with Gasteiger partial charge >= 0.3 is 6.18 Å². The van der Waals surface area contributed by atoms with Crippen LogP contribution in [0, 0.1) is 11.6 Å². The number of hydrogen-bond acceptors (Lipinski definition) is 7. The Hall–Kier alpha value is -3.55. The molecule has 0 saturated carbocycles. The summed E-state index contributed by atoms with van der Waals surface area (Å²) in [6.45, 7) is -2.98. The van der Waals surface area contributed by atoms with Crippen molar-refractivity contribution in [2.45, 2.75) is 17.4 Å². The van der Waals surface area contributed by atoms with Crippen molar-refractivity contribution in [1.29, 1.82) is 0 Å². The molecule has 1 saturated heterocycles. The Bertz CT molecular complexity index is 1160. The van der Waals surface area contributed by atoms with Crippen LogP contribution >= 0.6 is 0 Å². The molecule has 3 heterocycles. The first-order valence-corrected chi connectivity index (χ1v) is 9.64. The number of benzene rings is 1. The Morgan fingerprint density at radius 2 is 1.94 bits per heavy atom. The first kappa shape index (κ1) is 23.6.